The SMILES string of the molecule is C=CCOC12Oc3ccc(OCCSc4ccccc4)cc3C3C(CCCCO)C(CCCCO)C=C(C(=NOC(C)(C)C)CC1N(Cc1ccc(F)cc1)C(=O)OCCOCc1ccccc1)C32. The number of ether oxygens (including phenoxy) is 5. The number of amides is 1. The molecule has 13 heteroatoms. The summed E-state index contributed by atoms with van der Waals surface area (Å²) in [5, 5.41) is 25.0. The number of halogens is 1. The predicted molar refractivity (Wildman–Crippen MR) is 268 cm³/mol. The van der Waals surface area contributed by atoms with Crippen LogP contribution in [0.1, 0.15) is 88.3 Å². The molecule has 69 heavy (non-hydrogen) atoms. The Morgan fingerprint density at radius 3 is 2.35 bits per heavy atom. The van der Waals surface area contributed by atoms with E-state index in [0.29, 0.717) is 48.8 Å². The Kier molecular flexibility index (Phi) is 18.8. The lowest BCUT2D eigenvalue weighted by atomic mass is 9.55. The molecule has 7 rings (SSSR count). The van der Waals surface area contributed by atoms with E-state index in [1.165, 1.54) is 17.0 Å². The minimum Gasteiger partial charge on any atom is -0.493 e. The van der Waals surface area contributed by atoms with Gasteiger partial charge in [-0.15, -0.1) is 18.3 Å². The van der Waals surface area contributed by atoms with Crippen molar-refractivity contribution in [3.8, 4) is 11.5 Å². The van der Waals surface area contributed by atoms with E-state index in [1.54, 1.807) is 34.9 Å². The minimum absolute atomic E-state index is 0.0185. The number of hydrogen-bond donors (Lipinski definition) is 2. The quantitative estimate of drug-likeness (QED) is 0.0287. The van der Waals surface area contributed by atoms with Crippen molar-refractivity contribution >= 4 is 23.6 Å². The van der Waals surface area contributed by atoms with Crippen LogP contribution in [0.25, 0.3) is 0 Å². The second-order valence-electron chi connectivity index (χ2n) is 18.9. The first-order chi connectivity index (χ1) is 33.5. The molecule has 4 aromatic rings. The smallest absolute Gasteiger partial charge is 0.410 e. The highest BCUT2D eigenvalue weighted by atomic mass is 32.2. The number of thioether (sulfide) groups is 1. The summed E-state index contributed by atoms with van der Waals surface area (Å²) in [5.41, 5.74) is 3.56. The van der Waals surface area contributed by atoms with Crippen molar-refractivity contribution in [2.45, 2.75) is 107 Å². The maximum atomic E-state index is 14.9. The Labute approximate surface area is 411 Å². The molecule has 1 fully saturated rings. The van der Waals surface area contributed by atoms with Crippen molar-refractivity contribution in [3.63, 3.8) is 0 Å². The third-order valence-corrected chi connectivity index (χ3v) is 13.9. The molecule has 2 aliphatic carbocycles. The molecule has 1 aliphatic heterocycles. The predicted octanol–water partition coefficient (Wildman–Crippen LogP) is 11.3. The number of hydrogen-bond acceptors (Lipinski definition) is 11. The molecule has 0 radical (unpaired) electrons. The average Bonchev–Trinajstić information content (AvgIpc) is 3.35. The van der Waals surface area contributed by atoms with Gasteiger partial charge in [0.1, 0.15) is 35.6 Å². The second-order valence-corrected chi connectivity index (χ2v) is 20.1. The number of allylic oxidation sites excluding steroid dienone is 1. The fourth-order valence-corrected chi connectivity index (χ4v) is 10.6. The molecular formula is C56H69FN2O9S. The maximum absolute atomic E-state index is 14.9. The Morgan fingerprint density at radius 1 is 0.913 bits per heavy atom. The molecule has 6 unspecified atom stereocenters. The topological polar surface area (TPSA) is 129 Å². The van der Waals surface area contributed by atoms with Gasteiger partial charge in [0.25, 0.3) is 0 Å². The Balaban J connectivity index is 1.35. The van der Waals surface area contributed by atoms with Gasteiger partial charge in [-0.25, -0.2) is 9.18 Å². The number of aliphatic hydroxyl groups excluding tert-OH is 2. The molecule has 1 heterocycles. The number of aliphatic hydroxyl groups is 2. The van der Waals surface area contributed by atoms with E-state index < -0.39 is 35.3 Å². The average molecular weight is 965 g/mol. The van der Waals surface area contributed by atoms with Crippen LogP contribution in [0.3, 0.4) is 0 Å². The maximum Gasteiger partial charge on any atom is 0.410 e. The second kappa shape index (κ2) is 25.1. The number of carbonyl (C=O) groups is 1. The highest BCUT2D eigenvalue weighted by Gasteiger charge is 2.65. The third kappa shape index (κ3) is 13.6. The molecule has 6 atom stereocenters. The molecule has 1 saturated carbocycles. The molecule has 11 nitrogen and oxygen atoms in total. The van der Waals surface area contributed by atoms with E-state index in [1.807, 2.05) is 81.4 Å². The van der Waals surface area contributed by atoms with E-state index in [4.69, 9.17) is 33.7 Å². The number of benzene rings is 4. The van der Waals surface area contributed by atoms with Crippen LogP contribution in [0.5, 0.6) is 11.5 Å². The molecule has 1 amide bonds. The summed E-state index contributed by atoms with van der Waals surface area (Å²) in [6.07, 6.45) is 8.02. The van der Waals surface area contributed by atoms with Crippen LogP contribution in [0.2, 0.25) is 0 Å². The van der Waals surface area contributed by atoms with Crippen LogP contribution in [0.4, 0.5) is 9.18 Å². The molecule has 370 valence electrons. The zero-order valence-corrected chi connectivity index (χ0v) is 41.1. The lowest BCUT2D eigenvalue weighted by molar-refractivity contribution is -0.256. The molecule has 0 aromatic heterocycles. The summed E-state index contributed by atoms with van der Waals surface area (Å²) in [6, 6.07) is 31.2. The van der Waals surface area contributed by atoms with E-state index >= 15 is 0 Å². The van der Waals surface area contributed by atoms with Crippen molar-refractivity contribution in [1.82, 2.24) is 4.90 Å². The number of nitrogens with zero attached hydrogens (tertiary/aromatic N) is 2. The monoisotopic (exact) mass is 964 g/mol. The van der Waals surface area contributed by atoms with Gasteiger partial charge in [-0.3, -0.25) is 4.90 Å². The summed E-state index contributed by atoms with van der Waals surface area (Å²) in [4.78, 5) is 24.0. The highest BCUT2D eigenvalue weighted by Crippen LogP contribution is 2.62. The zero-order chi connectivity index (χ0) is 48.6. The van der Waals surface area contributed by atoms with Gasteiger partial charge >= 0.3 is 6.09 Å². The lowest BCUT2D eigenvalue weighted by Gasteiger charge is -2.60. The van der Waals surface area contributed by atoms with Crippen LogP contribution in [0, 0.1) is 23.6 Å². The van der Waals surface area contributed by atoms with Crippen LogP contribution >= 0.6 is 11.8 Å². The number of fused-ring (bicyclic) bond motifs is 2. The van der Waals surface area contributed by atoms with E-state index in [0.717, 1.165) is 48.1 Å². The fourth-order valence-electron chi connectivity index (χ4n) is 9.89. The largest absolute Gasteiger partial charge is 0.493 e. The molecule has 2 N–H and O–H groups in total. The number of carbonyl (C=O) groups excluding carboxylic acids is 1. The van der Waals surface area contributed by atoms with Crippen molar-refractivity contribution < 1.29 is 47.9 Å². The Bertz CT molecular complexity index is 2310. The minimum atomic E-state index is -1.53. The number of unbranched alkanes of at least 4 members (excludes halogenated alkanes) is 2. The van der Waals surface area contributed by atoms with Crippen LogP contribution in [0.15, 0.2) is 137 Å². The zero-order valence-electron chi connectivity index (χ0n) is 40.3. The molecule has 0 spiro atoms. The van der Waals surface area contributed by atoms with E-state index in [-0.39, 0.29) is 63.8 Å². The van der Waals surface area contributed by atoms with Crippen LogP contribution < -0.4 is 9.47 Å². The third-order valence-electron chi connectivity index (χ3n) is 12.9. The van der Waals surface area contributed by atoms with Gasteiger partial charge in [0.15, 0.2) is 0 Å². The van der Waals surface area contributed by atoms with Gasteiger partial charge in [-0.2, -0.15) is 0 Å². The van der Waals surface area contributed by atoms with Crippen molar-refractivity contribution in [3.05, 3.63) is 150 Å². The van der Waals surface area contributed by atoms with Crippen LogP contribution in [-0.4, -0.2) is 89.7 Å². The van der Waals surface area contributed by atoms with Gasteiger partial charge in [-0.1, -0.05) is 90.8 Å². The van der Waals surface area contributed by atoms with Gasteiger partial charge in [0.05, 0.1) is 38.1 Å². The van der Waals surface area contributed by atoms with Gasteiger partial charge in [0, 0.05) is 48.3 Å². The summed E-state index contributed by atoms with van der Waals surface area (Å²) in [6.45, 7) is 11.2. The number of oxime groups is 1. The Hall–Kier alpha value is -5.18. The van der Waals surface area contributed by atoms with Crippen molar-refractivity contribution in [2.75, 3.05) is 45.4 Å². The normalized spacial score (nSPS) is 22.1. The van der Waals surface area contributed by atoms with Crippen molar-refractivity contribution in [1.29, 1.82) is 0 Å². The fraction of sp³-hybridized carbons (Fsp3) is 0.464. The summed E-state index contributed by atoms with van der Waals surface area (Å²) in [7, 11) is 0. The first-order valence-corrected chi connectivity index (χ1v) is 25.4. The van der Waals surface area contributed by atoms with Gasteiger partial charge in [-0.05, 0) is 117 Å². The number of rotatable bonds is 25. The molecule has 4 aromatic carbocycles. The van der Waals surface area contributed by atoms with Crippen LogP contribution in [-0.2, 0) is 32.2 Å². The molecule has 3 aliphatic rings. The van der Waals surface area contributed by atoms with E-state index in [9.17, 15) is 19.4 Å². The van der Waals surface area contributed by atoms with Gasteiger partial charge < -0.3 is 38.7 Å². The molecular weight excluding hydrogens is 896 g/mol. The molecule has 0 bridgehead atoms. The first kappa shape index (κ1) is 51.7. The lowest BCUT2D eigenvalue weighted by Crippen LogP contribution is -2.70. The highest BCUT2D eigenvalue weighted by molar-refractivity contribution is 7.99. The Morgan fingerprint density at radius 2 is 1.64 bits per heavy atom. The van der Waals surface area contributed by atoms with Crippen molar-refractivity contribution in [2.24, 2.45) is 22.9 Å². The standard InChI is InChI=1S/C56H69FN2O9S/c1-5-30-66-56-51(59(38-40-22-24-43(57)25-23-40)54(62)65-32-31-63-39-41-16-8-6-9-17-41)37-49(58-68-55(2,3)4)47-35-42(18-12-14-28-60)46(21-13-15-29-61)52(53(47)56)48-36-44(26-27-50(48)67-56)64-33-34-69-45-19-10-7-11-20-45/h5-11,16-17,19-20,22-27,35-36,42,46,51-53,60-61H,1,12-15,18,21,28-34,37-39H2,2-4H3. The van der Waals surface area contributed by atoms with Gasteiger partial charge in [0.2, 0.25) is 5.79 Å². The first-order valence-electron chi connectivity index (χ1n) is 24.4. The molecule has 0 saturated heterocycles. The summed E-state index contributed by atoms with van der Waals surface area (Å²) in [5.74, 6) is -0.583. The van der Waals surface area contributed by atoms with E-state index in [2.05, 4.69) is 30.9 Å². The summed E-state index contributed by atoms with van der Waals surface area (Å²) < 4.78 is 47.5. The summed E-state index contributed by atoms with van der Waals surface area (Å²) >= 11 is 1.73.